The molecule has 0 atom stereocenters. The van der Waals surface area contributed by atoms with Gasteiger partial charge in [0.25, 0.3) is 0 Å². The first-order valence-electron chi connectivity index (χ1n) is 8.35. The number of hydrogen-bond donors (Lipinski definition) is 3. The largest absolute Gasteiger partial charge is 0.361 e. The Labute approximate surface area is 160 Å². The number of aromatic amines is 1. The minimum atomic E-state index is -0.527. The molecule has 1 aromatic carbocycles. The standard InChI is InChI=1S/C18H20N6O2S/c1-18(2,3)16(26)21-17-24-23-15(27-17)8-14(25)22-20-10-11-9-19-13-7-5-4-6-12(11)13/h4-7,9-10,19H,8H2,1-3H3,(H,22,25)(H,21,24,26)/b20-10-. The van der Waals surface area contributed by atoms with E-state index in [9.17, 15) is 9.59 Å². The van der Waals surface area contributed by atoms with Crippen molar-refractivity contribution in [1.82, 2.24) is 20.6 Å². The third-order valence-electron chi connectivity index (χ3n) is 3.69. The number of benzene rings is 1. The maximum absolute atomic E-state index is 12.0. The van der Waals surface area contributed by atoms with Crippen LogP contribution in [0.25, 0.3) is 10.9 Å². The van der Waals surface area contributed by atoms with Crippen LogP contribution in [0.15, 0.2) is 35.6 Å². The van der Waals surface area contributed by atoms with Crippen LogP contribution in [0.4, 0.5) is 5.13 Å². The lowest BCUT2D eigenvalue weighted by molar-refractivity contribution is -0.123. The molecule has 140 valence electrons. The summed E-state index contributed by atoms with van der Waals surface area (Å²) in [6, 6.07) is 7.83. The van der Waals surface area contributed by atoms with Gasteiger partial charge in [-0.05, 0) is 6.07 Å². The molecule has 8 nitrogen and oxygen atoms in total. The maximum Gasteiger partial charge on any atom is 0.247 e. The van der Waals surface area contributed by atoms with Crippen molar-refractivity contribution in [1.29, 1.82) is 0 Å². The van der Waals surface area contributed by atoms with Crippen molar-refractivity contribution in [3.8, 4) is 0 Å². The molecule has 2 heterocycles. The fraction of sp³-hybridized carbons (Fsp3) is 0.278. The highest BCUT2D eigenvalue weighted by Gasteiger charge is 2.22. The molecule has 27 heavy (non-hydrogen) atoms. The molecular formula is C18H20N6O2S. The van der Waals surface area contributed by atoms with Crippen LogP contribution in [0.1, 0.15) is 31.3 Å². The van der Waals surface area contributed by atoms with Crippen LogP contribution in [0.2, 0.25) is 0 Å². The number of H-pyrrole nitrogens is 1. The van der Waals surface area contributed by atoms with Crippen molar-refractivity contribution in [3.05, 3.63) is 41.0 Å². The Kier molecular flexibility index (Phi) is 5.31. The van der Waals surface area contributed by atoms with Crippen molar-refractivity contribution in [3.63, 3.8) is 0 Å². The number of nitrogens with zero attached hydrogens (tertiary/aromatic N) is 3. The minimum absolute atomic E-state index is 0.0360. The van der Waals surface area contributed by atoms with Crippen LogP contribution in [0.5, 0.6) is 0 Å². The van der Waals surface area contributed by atoms with Gasteiger partial charge in [0.2, 0.25) is 16.9 Å². The molecule has 0 aliphatic heterocycles. The van der Waals surface area contributed by atoms with Crippen molar-refractivity contribution >= 4 is 45.4 Å². The minimum Gasteiger partial charge on any atom is -0.361 e. The first kappa shape index (κ1) is 18.7. The molecule has 0 aliphatic carbocycles. The van der Waals surface area contributed by atoms with E-state index in [0.29, 0.717) is 10.1 Å². The van der Waals surface area contributed by atoms with E-state index in [1.54, 1.807) is 6.21 Å². The summed E-state index contributed by atoms with van der Waals surface area (Å²) in [6.45, 7) is 5.43. The second-order valence-electron chi connectivity index (χ2n) is 6.96. The molecule has 0 saturated heterocycles. The molecule has 0 fully saturated rings. The number of hydrogen-bond acceptors (Lipinski definition) is 6. The number of carbonyl (C=O) groups is 2. The Bertz CT molecular complexity index is 999. The summed E-state index contributed by atoms with van der Waals surface area (Å²) in [6.07, 6.45) is 3.45. The molecule has 3 rings (SSSR count). The van der Waals surface area contributed by atoms with E-state index in [2.05, 4.69) is 31.0 Å². The Hall–Kier alpha value is -3.07. The Morgan fingerprint density at radius 3 is 2.81 bits per heavy atom. The molecular weight excluding hydrogens is 364 g/mol. The second-order valence-corrected chi connectivity index (χ2v) is 8.03. The van der Waals surface area contributed by atoms with E-state index < -0.39 is 5.41 Å². The average Bonchev–Trinajstić information content (AvgIpc) is 3.21. The average molecular weight is 384 g/mol. The normalized spacial score (nSPS) is 11.8. The van der Waals surface area contributed by atoms with Crippen molar-refractivity contribution in [2.45, 2.75) is 27.2 Å². The lowest BCUT2D eigenvalue weighted by Crippen LogP contribution is -2.27. The summed E-state index contributed by atoms with van der Waals surface area (Å²) in [5, 5.41) is 16.4. The van der Waals surface area contributed by atoms with E-state index in [-0.39, 0.29) is 18.2 Å². The SMILES string of the molecule is CC(C)(C)C(=O)Nc1nnc(CC(=O)N/N=C\c2c[nH]c3ccccc23)s1. The number of amides is 2. The number of para-hydroxylation sites is 1. The van der Waals surface area contributed by atoms with Gasteiger partial charge in [0, 0.05) is 28.1 Å². The third-order valence-corrected chi connectivity index (χ3v) is 4.53. The zero-order valence-electron chi connectivity index (χ0n) is 15.2. The summed E-state index contributed by atoms with van der Waals surface area (Å²) in [4.78, 5) is 27.1. The van der Waals surface area contributed by atoms with Gasteiger partial charge in [-0.25, -0.2) is 5.43 Å². The van der Waals surface area contributed by atoms with E-state index in [4.69, 9.17) is 0 Å². The molecule has 3 N–H and O–H groups in total. The molecule has 2 amide bonds. The molecule has 3 aromatic rings. The summed E-state index contributed by atoms with van der Waals surface area (Å²) < 4.78 is 0. The Morgan fingerprint density at radius 2 is 2.04 bits per heavy atom. The summed E-state index contributed by atoms with van der Waals surface area (Å²) in [5.41, 5.74) is 3.84. The first-order chi connectivity index (χ1) is 12.8. The molecule has 0 radical (unpaired) electrons. The number of aromatic nitrogens is 3. The Morgan fingerprint density at radius 1 is 1.26 bits per heavy atom. The van der Waals surface area contributed by atoms with Crippen molar-refractivity contribution < 1.29 is 9.59 Å². The molecule has 9 heteroatoms. The monoisotopic (exact) mass is 384 g/mol. The number of rotatable bonds is 5. The van der Waals surface area contributed by atoms with Crippen LogP contribution >= 0.6 is 11.3 Å². The summed E-state index contributed by atoms with van der Waals surface area (Å²) in [7, 11) is 0. The maximum atomic E-state index is 12.0. The van der Waals surface area contributed by atoms with Gasteiger partial charge in [-0.15, -0.1) is 10.2 Å². The van der Waals surface area contributed by atoms with Crippen LogP contribution in [0, 0.1) is 5.41 Å². The predicted octanol–water partition coefficient (Wildman–Crippen LogP) is 2.70. The van der Waals surface area contributed by atoms with Crippen LogP contribution < -0.4 is 10.7 Å². The highest BCUT2D eigenvalue weighted by atomic mass is 32.1. The summed E-state index contributed by atoms with van der Waals surface area (Å²) in [5.74, 6) is -0.464. The molecule has 0 unspecified atom stereocenters. The smallest absolute Gasteiger partial charge is 0.247 e. The highest BCUT2D eigenvalue weighted by Crippen LogP contribution is 2.20. The molecule has 0 spiro atoms. The quantitative estimate of drug-likeness (QED) is 0.464. The zero-order chi connectivity index (χ0) is 19.4. The van der Waals surface area contributed by atoms with Gasteiger partial charge in [0.15, 0.2) is 0 Å². The number of fused-ring (bicyclic) bond motifs is 1. The number of carbonyl (C=O) groups excluding carboxylic acids is 2. The topological polar surface area (TPSA) is 112 Å². The first-order valence-corrected chi connectivity index (χ1v) is 9.16. The van der Waals surface area contributed by atoms with Crippen LogP contribution in [-0.4, -0.2) is 33.2 Å². The van der Waals surface area contributed by atoms with Gasteiger partial charge >= 0.3 is 0 Å². The highest BCUT2D eigenvalue weighted by molar-refractivity contribution is 7.15. The van der Waals surface area contributed by atoms with Crippen molar-refractivity contribution in [2.75, 3.05) is 5.32 Å². The lowest BCUT2D eigenvalue weighted by Gasteiger charge is -2.15. The van der Waals surface area contributed by atoms with E-state index in [0.717, 1.165) is 16.5 Å². The van der Waals surface area contributed by atoms with E-state index in [1.165, 1.54) is 11.3 Å². The van der Waals surface area contributed by atoms with E-state index >= 15 is 0 Å². The predicted molar refractivity (Wildman–Crippen MR) is 106 cm³/mol. The zero-order valence-corrected chi connectivity index (χ0v) is 16.1. The molecule has 0 aliphatic rings. The number of anilines is 1. The Balaban J connectivity index is 1.54. The fourth-order valence-electron chi connectivity index (χ4n) is 2.21. The second kappa shape index (κ2) is 7.67. The molecule has 2 aromatic heterocycles. The van der Waals surface area contributed by atoms with Gasteiger partial charge in [0.05, 0.1) is 12.6 Å². The van der Waals surface area contributed by atoms with Crippen LogP contribution in [0.3, 0.4) is 0 Å². The lowest BCUT2D eigenvalue weighted by atomic mass is 9.96. The third kappa shape index (κ3) is 4.76. The van der Waals surface area contributed by atoms with Gasteiger partial charge in [0.1, 0.15) is 5.01 Å². The van der Waals surface area contributed by atoms with E-state index in [1.807, 2.05) is 51.2 Å². The summed E-state index contributed by atoms with van der Waals surface area (Å²) >= 11 is 1.17. The van der Waals surface area contributed by atoms with Gasteiger partial charge in [-0.1, -0.05) is 50.3 Å². The fourth-order valence-corrected chi connectivity index (χ4v) is 2.95. The van der Waals surface area contributed by atoms with Gasteiger partial charge < -0.3 is 10.3 Å². The van der Waals surface area contributed by atoms with Gasteiger partial charge in [-0.3, -0.25) is 9.59 Å². The number of nitrogens with one attached hydrogen (secondary N) is 3. The van der Waals surface area contributed by atoms with Gasteiger partial charge in [-0.2, -0.15) is 5.10 Å². The number of hydrazone groups is 1. The van der Waals surface area contributed by atoms with Crippen molar-refractivity contribution in [2.24, 2.45) is 10.5 Å². The molecule has 0 saturated carbocycles. The van der Waals surface area contributed by atoms with Crippen LogP contribution in [-0.2, 0) is 16.0 Å². The molecule has 0 bridgehead atoms.